The molecule has 30 heavy (non-hydrogen) atoms. The zero-order valence-electron chi connectivity index (χ0n) is 17.5. The lowest BCUT2D eigenvalue weighted by Gasteiger charge is -2.44. The molecule has 1 heterocycles. The molecule has 0 bridgehead atoms. The number of ketones is 1. The number of carbonyl (C=O) groups excluding carboxylic acids is 2. The Bertz CT molecular complexity index is 766. The molecule has 1 unspecified atom stereocenters. The third-order valence-corrected chi connectivity index (χ3v) is 5.64. The minimum absolute atomic E-state index is 0.0544. The smallest absolute Gasteiger partial charge is 0.331 e. The van der Waals surface area contributed by atoms with Gasteiger partial charge in [0.2, 0.25) is 0 Å². The second-order valence-electron chi connectivity index (χ2n) is 8.51. The van der Waals surface area contributed by atoms with E-state index in [4.69, 9.17) is 9.47 Å². The van der Waals surface area contributed by atoms with E-state index in [2.05, 4.69) is 0 Å². The van der Waals surface area contributed by atoms with Gasteiger partial charge in [-0.2, -0.15) is 0 Å². The van der Waals surface area contributed by atoms with E-state index in [1.54, 1.807) is 33.8 Å². The number of allylic oxidation sites excluding steroid dienone is 3. The van der Waals surface area contributed by atoms with E-state index in [-0.39, 0.29) is 12.2 Å². The molecule has 2 rings (SSSR count). The largest absolute Gasteiger partial charge is 0.460 e. The third kappa shape index (κ3) is 5.05. The van der Waals surface area contributed by atoms with Crippen molar-refractivity contribution in [3.8, 4) is 0 Å². The summed E-state index contributed by atoms with van der Waals surface area (Å²) < 4.78 is 9.93. The van der Waals surface area contributed by atoms with Crippen molar-refractivity contribution in [3.05, 3.63) is 35.5 Å². The average Bonchev–Trinajstić information content (AvgIpc) is 2.64. The van der Waals surface area contributed by atoms with Crippen molar-refractivity contribution in [2.75, 3.05) is 6.61 Å². The summed E-state index contributed by atoms with van der Waals surface area (Å²) in [4.78, 5) is 23.8. The van der Waals surface area contributed by atoms with Gasteiger partial charge >= 0.3 is 5.97 Å². The van der Waals surface area contributed by atoms with Crippen LogP contribution in [0.4, 0.5) is 0 Å². The van der Waals surface area contributed by atoms with Crippen LogP contribution in [0, 0.1) is 5.41 Å². The average molecular weight is 426 g/mol. The number of carbonyl (C=O) groups is 2. The lowest BCUT2D eigenvalue weighted by Crippen LogP contribution is -2.58. The first kappa shape index (κ1) is 24.4. The molecule has 0 aromatic carbocycles. The number of esters is 1. The van der Waals surface area contributed by atoms with Crippen molar-refractivity contribution in [3.63, 3.8) is 0 Å². The Balaban J connectivity index is 2.01. The highest BCUT2D eigenvalue weighted by Gasteiger charge is 2.46. The van der Waals surface area contributed by atoms with Crippen LogP contribution in [0.5, 0.6) is 0 Å². The molecule has 0 amide bonds. The monoisotopic (exact) mass is 426 g/mol. The SMILES string of the molecule is CC1=CC(=O)CC(C)(C)[C@@]1(O)/C=C/C(C)=C\C(=O)OC[C@H]1OC(O)[C@H](O)[C@@H](O)[C@@H]1O. The summed E-state index contributed by atoms with van der Waals surface area (Å²) in [5, 5.41) is 49.5. The fourth-order valence-corrected chi connectivity index (χ4v) is 3.62. The minimum atomic E-state index is -1.71. The molecule has 0 radical (unpaired) electrons. The normalized spacial score (nSPS) is 37.2. The maximum absolute atomic E-state index is 12.0. The first-order valence-corrected chi connectivity index (χ1v) is 9.64. The van der Waals surface area contributed by atoms with Crippen molar-refractivity contribution in [1.29, 1.82) is 0 Å². The molecule has 0 aromatic heterocycles. The number of rotatable bonds is 5. The van der Waals surface area contributed by atoms with Crippen LogP contribution in [-0.4, -0.2) is 80.2 Å². The lowest BCUT2D eigenvalue weighted by atomic mass is 9.64. The molecule has 2 aliphatic rings. The number of aliphatic hydroxyl groups is 5. The van der Waals surface area contributed by atoms with Gasteiger partial charge in [-0.15, -0.1) is 0 Å². The van der Waals surface area contributed by atoms with Crippen LogP contribution in [0.2, 0.25) is 0 Å². The first-order chi connectivity index (χ1) is 13.8. The highest BCUT2D eigenvalue weighted by molar-refractivity contribution is 5.92. The van der Waals surface area contributed by atoms with Gasteiger partial charge in [0.05, 0.1) is 0 Å². The summed E-state index contributed by atoms with van der Waals surface area (Å²) in [6, 6.07) is 0. The molecule has 0 spiro atoms. The molecule has 6 atom stereocenters. The van der Waals surface area contributed by atoms with Gasteiger partial charge in [0.25, 0.3) is 0 Å². The Morgan fingerprint density at radius 1 is 1.23 bits per heavy atom. The van der Waals surface area contributed by atoms with Gasteiger partial charge in [-0.05, 0) is 37.1 Å². The minimum Gasteiger partial charge on any atom is -0.460 e. The molecular formula is C21H30O9. The van der Waals surface area contributed by atoms with E-state index in [0.717, 1.165) is 6.08 Å². The van der Waals surface area contributed by atoms with Gasteiger partial charge in [-0.3, -0.25) is 4.79 Å². The number of hydrogen-bond donors (Lipinski definition) is 5. The van der Waals surface area contributed by atoms with Crippen LogP contribution < -0.4 is 0 Å². The summed E-state index contributed by atoms with van der Waals surface area (Å²) >= 11 is 0. The Hall–Kier alpha value is -1.88. The third-order valence-electron chi connectivity index (χ3n) is 5.64. The molecule has 168 valence electrons. The highest BCUT2D eigenvalue weighted by Crippen LogP contribution is 2.44. The Labute approximate surface area is 174 Å². The van der Waals surface area contributed by atoms with Gasteiger partial charge < -0.3 is 35.0 Å². The van der Waals surface area contributed by atoms with Crippen LogP contribution in [0.15, 0.2) is 35.5 Å². The molecule has 9 heteroatoms. The van der Waals surface area contributed by atoms with Crippen molar-refractivity contribution >= 4 is 11.8 Å². The Morgan fingerprint density at radius 2 is 1.87 bits per heavy atom. The van der Waals surface area contributed by atoms with E-state index in [1.165, 1.54) is 12.2 Å². The van der Waals surface area contributed by atoms with Crippen LogP contribution >= 0.6 is 0 Å². The van der Waals surface area contributed by atoms with Crippen molar-refractivity contribution < 1.29 is 44.6 Å². The van der Waals surface area contributed by atoms with Gasteiger partial charge in [0.1, 0.15) is 36.6 Å². The van der Waals surface area contributed by atoms with Gasteiger partial charge in [-0.1, -0.05) is 19.9 Å². The van der Waals surface area contributed by atoms with Gasteiger partial charge in [0, 0.05) is 17.9 Å². The Morgan fingerprint density at radius 3 is 2.47 bits per heavy atom. The standard InChI is InChI=1S/C21H30O9/c1-11(5-6-21(28)12(2)8-13(22)9-20(21,3)4)7-15(23)29-10-14-16(24)17(25)18(26)19(27)30-14/h5-8,14,16-19,24-28H,9-10H2,1-4H3/b6-5+,11-7-/t14-,16-,17+,18-,19?,21-/m1/s1. The van der Waals surface area contributed by atoms with Crippen molar-refractivity contribution in [1.82, 2.24) is 0 Å². The predicted molar refractivity (Wildman–Crippen MR) is 105 cm³/mol. The highest BCUT2D eigenvalue weighted by atomic mass is 16.6. The van der Waals surface area contributed by atoms with Crippen LogP contribution in [-0.2, 0) is 19.1 Å². The lowest BCUT2D eigenvalue weighted by molar-refractivity contribution is -0.287. The fourth-order valence-electron chi connectivity index (χ4n) is 3.62. The van der Waals surface area contributed by atoms with Gasteiger partial charge in [-0.25, -0.2) is 4.79 Å². The summed E-state index contributed by atoms with van der Waals surface area (Å²) in [7, 11) is 0. The number of aliphatic hydroxyl groups excluding tert-OH is 4. The molecule has 0 saturated carbocycles. The molecule has 0 aromatic rings. The molecular weight excluding hydrogens is 396 g/mol. The van der Waals surface area contributed by atoms with Crippen molar-refractivity contribution in [2.24, 2.45) is 5.41 Å². The van der Waals surface area contributed by atoms with E-state index in [0.29, 0.717) is 11.1 Å². The first-order valence-electron chi connectivity index (χ1n) is 9.64. The zero-order chi connectivity index (χ0) is 22.9. The topological polar surface area (TPSA) is 154 Å². The number of ether oxygens (including phenoxy) is 2. The van der Waals surface area contributed by atoms with Crippen LogP contribution in [0.1, 0.15) is 34.1 Å². The molecule has 1 aliphatic carbocycles. The summed E-state index contributed by atoms with van der Waals surface area (Å²) in [6.45, 7) is 6.42. The molecule has 5 N–H and O–H groups in total. The van der Waals surface area contributed by atoms with E-state index in [9.17, 15) is 35.1 Å². The fraction of sp³-hybridized carbons (Fsp3) is 0.619. The van der Waals surface area contributed by atoms with E-state index >= 15 is 0 Å². The second-order valence-corrected chi connectivity index (χ2v) is 8.51. The molecule has 1 saturated heterocycles. The zero-order valence-corrected chi connectivity index (χ0v) is 17.5. The van der Waals surface area contributed by atoms with E-state index < -0.39 is 54.3 Å². The molecule has 1 fully saturated rings. The van der Waals surface area contributed by atoms with Crippen LogP contribution in [0.3, 0.4) is 0 Å². The summed E-state index contributed by atoms with van der Waals surface area (Å²) in [5.74, 6) is -0.818. The number of hydrogen-bond acceptors (Lipinski definition) is 9. The van der Waals surface area contributed by atoms with Crippen molar-refractivity contribution in [2.45, 2.75) is 70.4 Å². The predicted octanol–water partition coefficient (Wildman–Crippen LogP) is -0.492. The van der Waals surface area contributed by atoms with Gasteiger partial charge in [0.15, 0.2) is 12.1 Å². The maximum atomic E-state index is 12.0. The van der Waals surface area contributed by atoms with Crippen LogP contribution in [0.25, 0.3) is 0 Å². The second kappa shape index (κ2) is 9.09. The van der Waals surface area contributed by atoms with E-state index in [1.807, 2.05) is 0 Å². The Kier molecular flexibility index (Phi) is 7.39. The molecule has 1 aliphatic heterocycles. The summed E-state index contributed by atoms with van der Waals surface area (Å²) in [6.07, 6.45) is -1.92. The quantitative estimate of drug-likeness (QED) is 0.222. The summed E-state index contributed by atoms with van der Waals surface area (Å²) in [5.41, 5.74) is -1.10. The maximum Gasteiger partial charge on any atom is 0.331 e. The molecule has 9 nitrogen and oxygen atoms in total.